The number of amides is 1. The van der Waals surface area contributed by atoms with Crippen LogP contribution < -0.4 is 10.6 Å². The van der Waals surface area contributed by atoms with Crippen molar-refractivity contribution in [1.29, 1.82) is 0 Å². The smallest absolute Gasteiger partial charge is 0.252 e. The van der Waals surface area contributed by atoms with Crippen molar-refractivity contribution in [2.24, 2.45) is 0 Å². The first kappa shape index (κ1) is 23.3. The standard InChI is InChI=1S/C19H21N3O2S.2ClH/c1-24-11-10-20-8-9-21-19(23)15-13-17(18-7-4-12-25-18)22-16-6-3-2-5-14(15)16;;/h2-7,12-13,20H,8-11H2,1H3,(H,21,23);2*1H. The molecule has 2 N–H and O–H groups in total. The van der Waals surface area contributed by atoms with E-state index in [1.807, 2.05) is 47.8 Å². The van der Waals surface area contributed by atoms with E-state index in [0.717, 1.165) is 28.0 Å². The van der Waals surface area contributed by atoms with E-state index in [2.05, 4.69) is 10.6 Å². The lowest BCUT2D eigenvalue weighted by molar-refractivity contribution is 0.0955. The Morgan fingerprint density at radius 2 is 1.93 bits per heavy atom. The number of nitrogens with one attached hydrogen (secondary N) is 2. The summed E-state index contributed by atoms with van der Waals surface area (Å²) in [6.45, 7) is 2.70. The zero-order chi connectivity index (χ0) is 17.5. The predicted octanol–water partition coefficient (Wildman–Crippen LogP) is 3.77. The molecule has 146 valence electrons. The molecule has 1 aromatic carbocycles. The van der Waals surface area contributed by atoms with Crippen LogP contribution in [-0.2, 0) is 4.74 Å². The molecule has 0 unspecified atom stereocenters. The number of ether oxygens (including phenoxy) is 1. The molecule has 1 amide bonds. The molecule has 2 heterocycles. The zero-order valence-electron chi connectivity index (χ0n) is 14.9. The molecule has 0 bridgehead atoms. The quantitative estimate of drug-likeness (QED) is 0.537. The molecule has 0 saturated carbocycles. The molecule has 0 aliphatic rings. The van der Waals surface area contributed by atoms with E-state index in [1.54, 1.807) is 18.4 Å². The first-order valence-electron chi connectivity index (χ1n) is 8.21. The summed E-state index contributed by atoms with van der Waals surface area (Å²) in [4.78, 5) is 18.4. The third-order valence-electron chi connectivity index (χ3n) is 3.80. The van der Waals surface area contributed by atoms with E-state index in [9.17, 15) is 4.79 Å². The van der Waals surface area contributed by atoms with E-state index < -0.39 is 0 Å². The summed E-state index contributed by atoms with van der Waals surface area (Å²) < 4.78 is 4.98. The normalized spacial score (nSPS) is 10.1. The molecule has 27 heavy (non-hydrogen) atoms. The Labute approximate surface area is 175 Å². The monoisotopic (exact) mass is 427 g/mol. The van der Waals surface area contributed by atoms with Crippen LogP contribution in [0.3, 0.4) is 0 Å². The van der Waals surface area contributed by atoms with Gasteiger partial charge in [0.15, 0.2) is 0 Å². The van der Waals surface area contributed by atoms with E-state index in [1.165, 1.54) is 0 Å². The maximum absolute atomic E-state index is 12.7. The lowest BCUT2D eigenvalue weighted by atomic mass is 10.1. The van der Waals surface area contributed by atoms with Gasteiger partial charge in [-0.15, -0.1) is 36.2 Å². The first-order chi connectivity index (χ1) is 12.3. The second kappa shape index (κ2) is 11.9. The van der Waals surface area contributed by atoms with Crippen LogP contribution in [0.4, 0.5) is 0 Å². The van der Waals surface area contributed by atoms with Gasteiger partial charge in [0.1, 0.15) is 0 Å². The van der Waals surface area contributed by atoms with Crippen LogP contribution in [0, 0.1) is 0 Å². The van der Waals surface area contributed by atoms with Crippen molar-refractivity contribution < 1.29 is 9.53 Å². The Morgan fingerprint density at radius 3 is 2.67 bits per heavy atom. The SMILES string of the molecule is COCCNCCNC(=O)c1cc(-c2cccs2)nc2ccccc12.Cl.Cl. The van der Waals surface area contributed by atoms with E-state index in [4.69, 9.17) is 9.72 Å². The minimum Gasteiger partial charge on any atom is -0.383 e. The number of thiophene rings is 1. The number of methoxy groups -OCH3 is 1. The number of nitrogens with zero attached hydrogens (tertiary/aromatic N) is 1. The van der Waals surface area contributed by atoms with Crippen molar-refractivity contribution in [3.8, 4) is 10.6 Å². The highest BCUT2D eigenvalue weighted by Crippen LogP contribution is 2.27. The van der Waals surface area contributed by atoms with Gasteiger partial charge in [0.05, 0.1) is 28.3 Å². The molecule has 5 nitrogen and oxygen atoms in total. The van der Waals surface area contributed by atoms with Crippen LogP contribution in [0.5, 0.6) is 0 Å². The average Bonchev–Trinajstić information content (AvgIpc) is 3.18. The van der Waals surface area contributed by atoms with Crippen molar-refractivity contribution in [2.45, 2.75) is 0 Å². The number of hydrogen-bond donors (Lipinski definition) is 2. The van der Waals surface area contributed by atoms with Gasteiger partial charge in [-0.2, -0.15) is 0 Å². The molecule has 0 spiro atoms. The molecule has 0 radical (unpaired) electrons. The Hall–Kier alpha value is -1.70. The van der Waals surface area contributed by atoms with E-state index in [0.29, 0.717) is 25.3 Å². The number of fused-ring (bicyclic) bond motifs is 1. The van der Waals surface area contributed by atoms with Crippen LogP contribution in [-0.4, -0.2) is 44.2 Å². The van der Waals surface area contributed by atoms with Crippen molar-refractivity contribution in [1.82, 2.24) is 15.6 Å². The van der Waals surface area contributed by atoms with Crippen LogP contribution in [0.1, 0.15) is 10.4 Å². The van der Waals surface area contributed by atoms with Crippen LogP contribution in [0.25, 0.3) is 21.5 Å². The number of hydrogen-bond acceptors (Lipinski definition) is 5. The van der Waals surface area contributed by atoms with Crippen LogP contribution in [0.15, 0.2) is 47.8 Å². The largest absolute Gasteiger partial charge is 0.383 e. The Bertz CT molecular complexity index is 844. The molecule has 8 heteroatoms. The predicted molar refractivity (Wildman–Crippen MR) is 117 cm³/mol. The van der Waals surface area contributed by atoms with Gasteiger partial charge in [-0.3, -0.25) is 4.79 Å². The zero-order valence-corrected chi connectivity index (χ0v) is 17.4. The van der Waals surface area contributed by atoms with Crippen LogP contribution >= 0.6 is 36.2 Å². The second-order valence-corrected chi connectivity index (χ2v) is 6.50. The summed E-state index contributed by atoms with van der Waals surface area (Å²) in [6.07, 6.45) is 0. The van der Waals surface area contributed by atoms with Crippen molar-refractivity contribution in [3.63, 3.8) is 0 Å². The fourth-order valence-corrected chi connectivity index (χ4v) is 3.26. The van der Waals surface area contributed by atoms with Gasteiger partial charge >= 0.3 is 0 Å². The molecule has 0 aliphatic heterocycles. The first-order valence-corrected chi connectivity index (χ1v) is 9.09. The maximum Gasteiger partial charge on any atom is 0.252 e. The van der Waals surface area contributed by atoms with Gasteiger partial charge in [0, 0.05) is 32.1 Å². The number of pyridine rings is 1. The Morgan fingerprint density at radius 1 is 1.11 bits per heavy atom. The highest BCUT2D eigenvalue weighted by atomic mass is 35.5. The van der Waals surface area contributed by atoms with Crippen molar-refractivity contribution >= 4 is 53.0 Å². The summed E-state index contributed by atoms with van der Waals surface area (Å²) in [7, 11) is 1.67. The van der Waals surface area contributed by atoms with Gasteiger partial charge in [0.2, 0.25) is 0 Å². The average molecular weight is 428 g/mol. The minimum absolute atomic E-state index is 0. The summed E-state index contributed by atoms with van der Waals surface area (Å²) in [5.41, 5.74) is 2.32. The van der Waals surface area contributed by atoms with Gasteiger partial charge in [-0.05, 0) is 23.6 Å². The third-order valence-corrected chi connectivity index (χ3v) is 4.70. The van der Waals surface area contributed by atoms with Crippen molar-refractivity contribution in [3.05, 3.63) is 53.4 Å². The molecule has 0 saturated heterocycles. The maximum atomic E-state index is 12.7. The minimum atomic E-state index is -0.0788. The van der Waals surface area contributed by atoms with Gasteiger partial charge in [0.25, 0.3) is 5.91 Å². The van der Waals surface area contributed by atoms with Gasteiger partial charge in [-0.25, -0.2) is 4.98 Å². The second-order valence-electron chi connectivity index (χ2n) is 5.55. The highest BCUT2D eigenvalue weighted by Gasteiger charge is 2.13. The molecular weight excluding hydrogens is 405 g/mol. The highest BCUT2D eigenvalue weighted by molar-refractivity contribution is 7.13. The lowest BCUT2D eigenvalue weighted by Crippen LogP contribution is -2.33. The number of rotatable bonds is 8. The molecule has 0 aliphatic carbocycles. The summed E-state index contributed by atoms with van der Waals surface area (Å²) in [5.74, 6) is -0.0788. The summed E-state index contributed by atoms with van der Waals surface area (Å²) >= 11 is 1.62. The molecule has 0 atom stereocenters. The van der Waals surface area contributed by atoms with E-state index in [-0.39, 0.29) is 30.7 Å². The number of carbonyl (C=O) groups excluding carboxylic acids is 1. The molecule has 2 aromatic heterocycles. The number of halogens is 2. The molecule has 3 aromatic rings. The lowest BCUT2D eigenvalue weighted by Gasteiger charge is -2.10. The number of benzene rings is 1. The molecule has 3 rings (SSSR count). The molecular formula is C19H23Cl2N3O2S. The molecule has 0 fully saturated rings. The summed E-state index contributed by atoms with van der Waals surface area (Å²) in [5, 5.41) is 9.07. The Kier molecular flexibility index (Phi) is 10.3. The number of para-hydroxylation sites is 1. The number of carbonyl (C=O) groups is 1. The Balaban J connectivity index is 0.00000182. The topological polar surface area (TPSA) is 63.2 Å². The van der Waals surface area contributed by atoms with Gasteiger partial charge < -0.3 is 15.4 Å². The fourth-order valence-electron chi connectivity index (χ4n) is 2.57. The van der Waals surface area contributed by atoms with Gasteiger partial charge in [-0.1, -0.05) is 24.3 Å². The summed E-state index contributed by atoms with van der Waals surface area (Å²) in [6, 6.07) is 13.6. The number of aromatic nitrogens is 1. The van der Waals surface area contributed by atoms with Crippen molar-refractivity contribution in [2.75, 3.05) is 33.4 Å². The van der Waals surface area contributed by atoms with Crippen LogP contribution in [0.2, 0.25) is 0 Å². The fraction of sp³-hybridized carbons (Fsp3) is 0.263. The van der Waals surface area contributed by atoms with E-state index >= 15 is 0 Å². The third kappa shape index (κ3) is 6.16.